The number of rotatable bonds is 5. The van der Waals surface area contributed by atoms with Gasteiger partial charge in [-0.1, -0.05) is 0 Å². The molecule has 1 unspecified atom stereocenters. The molecular formula is C20H24ClFN4O4. The van der Waals surface area contributed by atoms with Crippen molar-refractivity contribution in [2.45, 2.75) is 38.8 Å². The van der Waals surface area contributed by atoms with Crippen LogP contribution in [-0.4, -0.2) is 47.5 Å². The van der Waals surface area contributed by atoms with Crippen LogP contribution in [0.25, 0.3) is 10.9 Å². The standard InChI is InChI=1S/C20H23FN4O4.ClH/c1-11-8-23(6-5-22-11)16-7-15-18(12(2)19(16)21)20(27)14(17(26)10-25(28)29)9-24(15)13-3-4-13;/h7,9,11,13,22H,3-6,8,10H2,1-2H3;1H. The minimum atomic E-state index is -0.955. The van der Waals surface area contributed by atoms with Gasteiger partial charge in [0.05, 0.1) is 22.2 Å². The van der Waals surface area contributed by atoms with Gasteiger partial charge in [0, 0.05) is 48.4 Å². The molecule has 4 rings (SSSR count). The largest absolute Gasteiger partial charge is 0.366 e. The van der Waals surface area contributed by atoms with E-state index in [0.29, 0.717) is 24.3 Å². The topological polar surface area (TPSA) is 97.5 Å². The van der Waals surface area contributed by atoms with E-state index < -0.39 is 28.5 Å². The van der Waals surface area contributed by atoms with Gasteiger partial charge in [-0.05, 0) is 32.8 Å². The van der Waals surface area contributed by atoms with Crippen molar-refractivity contribution in [3.63, 3.8) is 0 Å². The number of piperazine rings is 1. The lowest BCUT2D eigenvalue weighted by atomic mass is 10.0. The minimum Gasteiger partial charge on any atom is -0.366 e. The van der Waals surface area contributed by atoms with Crippen LogP contribution < -0.4 is 15.6 Å². The molecule has 2 fully saturated rings. The van der Waals surface area contributed by atoms with E-state index in [1.54, 1.807) is 6.07 Å². The molecule has 1 saturated heterocycles. The average Bonchev–Trinajstić information content (AvgIpc) is 3.49. The maximum Gasteiger partial charge on any atom is 0.266 e. The van der Waals surface area contributed by atoms with Crippen molar-refractivity contribution in [3.8, 4) is 0 Å². The van der Waals surface area contributed by atoms with Crippen molar-refractivity contribution < 1.29 is 14.1 Å². The number of hydrogen-bond donors (Lipinski definition) is 1. The fourth-order valence-electron chi connectivity index (χ4n) is 4.09. The van der Waals surface area contributed by atoms with Gasteiger partial charge in [-0.2, -0.15) is 0 Å². The van der Waals surface area contributed by atoms with E-state index in [1.807, 2.05) is 16.4 Å². The summed E-state index contributed by atoms with van der Waals surface area (Å²) < 4.78 is 17.1. The summed E-state index contributed by atoms with van der Waals surface area (Å²) in [5.41, 5.74) is 0.322. The van der Waals surface area contributed by atoms with Gasteiger partial charge in [0.2, 0.25) is 11.2 Å². The Hall–Kier alpha value is -2.52. The van der Waals surface area contributed by atoms with Gasteiger partial charge in [-0.25, -0.2) is 4.39 Å². The molecule has 30 heavy (non-hydrogen) atoms. The number of benzene rings is 1. The Bertz CT molecular complexity index is 1080. The molecule has 8 nitrogen and oxygen atoms in total. The zero-order valence-corrected chi connectivity index (χ0v) is 17.6. The van der Waals surface area contributed by atoms with E-state index >= 15 is 4.39 Å². The highest BCUT2D eigenvalue weighted by Crippen LogP contribution is 2.39. The molecule has 1 atom stereocenters. The number of anilines is 1. The normalized spacial score (nSPS) is 18.9. The summed E-state index contributed by atoms with van der Waals surface area (Å²) in [6.45, 7) is 4.65. The van der Waals surface area contributed by atoms with Crippen molar-refractivity contribution >= 4 is 34.8 Å². The summed E-state index contributed by atoms with van der Waals surface area (Å²) in [6, 6.07) is 2.02. The molecule has 1 aromatic heterocycles. The minimum absolute atomic E-state index is 0. The highest BCUT2D eigenvalue weighted by molar-refractivity contribution is 6.00. The van der Waals surface area contributed by atoms with Gasteiger partial charge in [-0.3, -0.25) is 19.7 Å². The Kier molecular flexibility index (Phi) is 6.14. The van der Waals surface area contributed by atoms with E-state index in [4.69, 9.17) is 0 Å². The Balaban J connectivity index is 0.00000256. The fourth-order valence-corrected chi connectivity index (χ4v) is 4.09. The Labute approximate surface area is 178 Å². The van der Waals surface area contributed by atoms with Crippen LogP contribution in [0.4, 0.5) is 10.1 Å². The lowest BCUT2D eigenvalue weighted by molar-refractivity contribution is -0.465. The van der Waals surface area contributed by atoms with Crippen LogP contribution in [-0.2, 0) is 0 Å². The monoisotopic (exact) mass is 438 g/mol. The van der Waals surface area contributed by atoms with E-state index in [9.17, 15) is 19.7 Å². The van der Waals surface area contributed by atoms with Crippen LogP contribution in [0, 0.1) is 22.9 Å². The van der Waals surface area contributed by atoms with Gasteiger partial charge >= 0.3 is 0 Å². The number of carbonyl (C=O) groups excluding carboxylic acids is 1. The first-order valence-corrected chi connectivity index (χ1v) is 9.79. The highest BCUT2D eigenvalue weighted by Gasteiger charge is 2.30. The number of nitrogens with one attached hydrogen (secondary N) is 1. The lowest BCUT2D eigenvalue weighted by Crippen LogP contribution is -2.49. The first-order valence-electron chi connectivity index (χ1n) is 9.79. The number of ketones is 1. The van der Waals surface area contributed by atoms with Gasteiger partial charge in [-0.15, -0.1) is 12.4 Å². The number of fused-ring (bicyclic) bond motifs is 1. The molecule has 2 aliphatic rings. The zero-order chi connectivity index (χ0) is 20.9. The highest BCUT2D eigenvalue weighted by atomic mass is 35.5. The Morgan fingerprint density at radius 2 is 2.10 bits per heavy atom. The van der Waals surface area contributed by atoms with Crippen molar-refractivity contribution in [2.75, 3.05) is 31.1 Å². The summed E-state index contributed by atoms with van der Waals surface area (Å²) in [7, 11) is 0. The summed E-state index contributed by atoms with van der Waals surface area (Å²) in [6.07, 6.45) is 3.20. The summed E-state index contributed by atoms with van der Waals surface area (Å²) in [5, 5.41) is 14.2. The van der Waals surface area contributed by atoms with Gasteiger partial charge in [0.25, 0.3) is 6.54 Å². The first-order chi connectivity index (χ1) is 13.8. The maximum absolute atomic E-state index is 15.3. The molecule has 1 aliphatic carbocycles. The number of nitro groups is 1. The number of carbonyl (C=O) groups is 1. The zero-order valence-electron chi connectivity index (χ0n) is 16.8. The van der Waals surface area contributed by atoms with Crippen molar-refractivity contribution in [1.82, 2.24) is 9.88 Å². The second-order valence-corrected chi connectivity index (χ2v) is 7.95. The summed E-state index contributed by atoms with van der Waals surface area (Å²) in [5.74, 6) is -1.33. The molecule has 0 amide bonds. The van der Waals surface area contributed by atoms with Crippen LogP contribution in [0.5, 0.6) is 0 Å². The van der Waals surface area contributed by atoms with Crippen LogP contribution in [0.15, 0.2) is 17.1 Å². The van der Waals surface area contributed by atoms with Gasteiger partial charge < -0.3 is 14.8 Å². The molecule has 0 radical (unpaired) electrons. The second-order valence-electron chi connectivity index (χ2n) is 7.95. The third-order valence-corrected chi connectivity index (χ3v) is 5.70. The van der Waals surface area contributed by atoms with Crippen LogP contribution >= 0.6 is 12.4 Å². The van der Waals surface area contributed by atoms with Gasteiger partial charge in [0.15, 0.2) is 0 Å². The molecule has 2 heterocycles. The average molecular weight is 439 g/mol. The molecule has 162 valence electrons. The molecular weight excluding hydrogens is 415 g/mol. The Morgan fingerprint density at radius 3 is 2.70 bits per heavy atom. The molecule has 1 N–H and O–H groups in total. The molecule has 0 spiro atoms. The van der Waals surface area contributed by atoms with Crippen molar-refractivity contribution in [3.05, 3.63) is 49.5 Å². The predicted octanol–water partition coefficient (Wildman–Crippen LogP) is 2.46. The van der Waals surface area contributed by atoms with E-state index in [1.165, 1.54) is 13.1 Å². The lowest BCUT2D eigenvalue weighted by Gasteiger charge is -2.34. The SMILES string of the molecule is Cc1c(F)c(N2CCNC(C)C2)cc2c1c(=O)c(C(=O)C[N+](=O)[O-])cn2C1CC1.Cl. The maximum atomic E-state index is 15.3. The van der Waals surface area contributed by atoms with Crippen molar-refractivity contribution in [1.29, 1.82) is 0 Å². The quantitative estimate of drug-likeness (QED) is 0.437. The molecule has 1 saturated carbocycles. The van der Waals surface area contributed by atoms with Crippen LogP contribution in [0.1, 0.15) is 41.7 Å². The molecule has 2 aromatic rings. The number of nitrogens with zero attached hydrogens (tertiary/aromatic N) is 3. The smallest absolute Gasteiger partial charge is 0.266 e. The molecule has 1 aromatic carbocycles. The number of Topliss-reactive ketones (excluding diaryl/α,β-unsaturated/α-hetero) is 1. The van der Waals surface area contributed by atoms with E-state index in [0.717, 1.165) is 19.4 Å². The molecule has 1 aliphatic heterocycles. The third kappa shape index (κ3) is 3.91. The van der Waals surface area contributed by atoms with E-state index in [-0.39, 0.29) is 41.0 Å². The molecule has 0 bridgehead atoms. The van der Waals surface area contributed by atoms with Crippen molar-refractivity contribution in [2.24, 2.45) is 0 Å². The first kappa shape index (κ1) is 22.2. The number of pyridine rings is 1. The predicted molar refractivity (Wildman–Crippen MR) is 114 cm³/mol. The summed E-state index contributed by atoms with van der Waals surface area (Å²) in [4.78, 5) is 37.3. The number of halogens is 2. The number of hydrogen-bond acceptors (Lipinski definition) is 6. The Morgan fingerprint density at radius 1 is 1.40 bits per heavy atom. The van der Waals surface area contributed by atoms with Crippen LogP contribution in [0.3, 0.4) is 0 Å². The van der Waals surface area contributed by atoms with E-state index in [2.05, 4.69) is 5.32 Å². The summed E-state index contributed by atoms with van der Waals surface area (Å²) >= 11 is 0. The molecule has 10 heteroatoms. The van der Waals surface area contributed by atoms with Gasteiger partial charge in [0.1, 0.15) is 5.82 Å². The second kappa shape index (κ2) is 8.31. The fraction of sp³-hybridized carbons (Fsp3) is 0.500. The number of aryl methyl sites for hydroxylation is 1. The van der Waals surface area contributed by atoms with Crippen LogP contribution in [0.2, 0.25) is 0 Å². The third-order valence-electron chi connectivity index (χ3n) is 5.70. The number of aromatic nitrogens is 1.